The Labute approximate surface area is 397 Å². The average Bonchev–Trinajstić information content (AvgIpc) is 3.27. The van der Waals surface area contributed by atoms with Crippen molar-refractivity contribution >= 4 is 23.7 Å². The number of hydrogen-bond acceptors (Lipinski definition) is 8. The number of carbonyl (C=O) groups is 4. The molecule has 1 heterocycles. The molecule has 382 valence electrons. The van der Waals surface area contributed by atoms with Gasteiger partial charge in [-0.2, -0.15) is 0 Å². The fourth-order valence-corrected chi connectivity index (χ4v) is 9.17. The molecule has 0 bridgehead atoms. The number of amides is 3. The van der Waals surface area contributed by atoms with Crippen LogP contribution in [0.3, 0.4) is 0 Å². The SMILES string of the molecule is CCCCCCCCCCCCCCCCCCN(C(=O)CCCCCCCCCCCCCCCCC)[C@@H]1O[C@H](CO)[C@@H](O)[C@H](O)[C@@H]1NC(=O)[C@H](CC(C)C)NC(=O)CCCC(=O)O. The smallest absolute Gasteiger partial charge is 0.303 e. The maximum Gasteiger partial charge on any atom is 0.303 e. The lowest BCUT2D eigenvalue weighted by Crippen LogP contribution is -2.70. The second kappa shape index (κ2) is 40.8. The van der Waals surface area contributed by atoms with Gasteiger partial charge in [0.05, 0.1) is 6.61 Å². The first kappa shape index (κ1) is 60.7. The summed E-state index contributed by atoms with van der Waals surface area (Å²) in [7, 11) is 0. The van der Waals surface area contributed by atoms with Crippen molar-refractivity contribution in [3.8, 4) is 0 Å². The van der Waals surface area contributed by atoms with E-state index in [0.717, 1.165) is 38.5 Å². The lowest BCUT2D eigenvalue weighted by molar-refractivity contribution is -0.231. The number of rotatable bonds is 44. The number of carbonyl (C=O) groups excluding carboxylic acids is 3. The summed E-state index contributed by atoms with van der Waals surface area (Å²) in [5.74, 6) is -2.23. The molecule has 0 spiro atoms. The molecule has 0 aromatic heterocycles. The van der Waals surface area contributed by atoms with E-state index in [1.54, 1.807) is 4.90 Å². The third-order valence-electron chi connectivity index (χ3n) is 13.2. The van der Waals surface area contributed by atoms with Gasteiger partial charge in [-0.3, -0.25) is 19.2 Å². The van der Waals surface area contributed by atoms with E-state index >= 15 is 0 Å². The highest BCUT2D eigenvalue weighted by Crippen LogP contribution is 2.27. The number of aliphatic hydroxyl groups excluding tert-OH is 3. The topological polar surface area (TPSA) is 186 Å². The zero-order valence-corrected chi connectivity index (χ0v) is 42.2. The van der Waals surface area contributed by atoms with Gasteiger partial charge in [0.1, 0.15) is 30.4 Å². The maximum atomic E-state index is 14.2. The molecule has 65 heavy (non-hydrogen) atoms. The fraction of sp³-hybridized carbons (Fsp3) is 0.925. The zero-order chi connectivity index (χ0) is 47.9. The van der Waals surface area contributed by atoms with Crippen molar-refractivity contribution in [1.29, 1.82) is 0 Å². The molecule has 3 amide bonds. The molecule has 1 saturated heterocycles. The molecule has 6 N–H and O–H groups in total. The van der Waals surface area contributed by atoms with Crippen LogP contribution < -0.4 is 10.6 Å². The van der Waals surface area contributed by atoms with E-state index in [1.165, 1.54) is 148 Å². The minimum absolute atomic E-state index is 0.000594. The number of aliphatic hydroxyl groups is 3. The van der Waals surface area contributed by atoms with Gasteiger partial charge in [-0.15, -0.1) is 0 Å². The molecule has 1 aliphatic rings. The van der Waals surface area contributed by atoms with Gasteiger partial charge in [0, 0.05) is 25.8 Å². The van der Waals surface area contributed by atoms with Gasteiger partial charge in [0.15, 0.2) is 6.23 Å². The number of carboxylic acids is 1. The minimum atomic E-state index is -1.56. The summed E-state index contributed by atoms with van der Waals surface area (Å²) in [6.45, 7) is 8.08. The van der Waals surface area contributed by atoms with Crippen LogP contribution in [0.4, 0.5) is 0 Å². The number of unbranched alkanes of at least 4 members (excludes halogenated alkanes) is 29. The zero-order valence-electron chi connectivity index (χ0n) is 42.2. The van der Waals surface area contributed by atoms with E-state index < -0.39 is 61.0 Å². The summed E-state index contributed by atoms with van der Waals surface area (Å²) in [4.78, 5) is 53.5. The van der Waals surface area contributed by atoms with Gasteiger partial charge >= 0.3 is 5.97 Å². The van der Waals surface area contributed by atoms with E-state index in [0.29, 0.717) is 19.4 Å². The van der Waals surface area contributed by atoms with Crippen molar-refractivity contribution in [1.82, 2.24) is 15.5 Å². The van der Waals surface area contributed by atoms with Crippen molar-refractivity contribution < 1.29 is 44.3 Å². The Bertz CT molecular complexity index is 1190. The molecule has 12 heteroatoms. The standard InChI is InChI=1S/C53H101N3O9/c1-5-7-9-11-13-15-17-19-21-23-25-27-29-31-33-35-40-56(47(59)38-34-32-30-28-26-24-22-20-18-16-14-12-10-8-6-2)53-49(51(63)50(62)45(42-57)65-53)55-52(64)44(41-43(3)4)54-46(58)37-36-39-48(60)61/h43-45,49-51,53,57,62-63H,5-42H2,1-4H3,(H,54,58)(H,55,64)(H,60,61)/t44-,45+,49-,50+,51+,53+/m0/s1. The first-order valence-corrected chi connectivity index (χ1v) is 27.2. The highest BCUT2D eigenvalue weighted by Gasteiger charge is 2.48. The van der Waals surface area contributed by atoms with E-state index in [2.05, 4.69) is 24.5 Å². The highest BCUT2D eigenvalue weighted by molar-refractivity contribution is 5.88. The van der Waals surface area contributed by atoms with Crippen molar-refractivity contribution in [2.45, 2.75) is 295 Å². The minimum Gasteiger partial charge on any atom is -0.481 e. The van der Waals surface area contributed by atoms with E-state index in [-0.39, 0.29) is 43.9 Å². The average molecular weight is 924 g/mol. The van der Waals surface area contributed by atoms with Crippen LogP contribution in [0.15, 0.2) is 0 Å². The molecule has 0 aliphatic carbocycles. The van der Waals surface area contributed by atoms with Crippen LogP contribution in [0, 0.1) is 5.92 Å². The normalized spacial score (nSPS) is 19.0. The molecule has 0 saturated carbocycles. The van der Waals surface area contributed by atoms with Gasteiger partial charge in [-0.25, -0.2) is 0 Å². The van der Waals surface area contributed by atoms with Crippen LogP contribution in [0.25, 0.3) is 0 Å². The Kier molecular flexibility index (Phi) is 38.1. The molecule has 1 fully saturated rings. The molecule has 0 aromatic carbocycles. The van der Waals surface area contributed by atoms with E-state index in [9.17, 15) is 34.5 Å². The molecule has 0 aromatic rings. The summed E-state index contributed by atoms with van der Waals surface area (Å²) in [5, 5.41) is 47.3. The number of hydrogen-bond donors (Lipinski definition) is 6. The van der Waals surface area contributed by atoms with Crippen LogP contribution >= 0.6 is 0 Å². The summed E-state index contributed by atoms with van der Waals surface area (Å²) in [5.41, 5.74) is 0. The number of nitrogens with zero attached hydrogens (tertiary/aromatic N) is 1. The fourth-order valence-electron chi connectivity index (χ4n) is 9.17. The summed E-state index contributed by atoms with van der Waals surface area (Å²) in [6, 6.07) is -2.23. The monoisotopic (exact) mass is 924 g/mol. The second-order valence-electron chi connectivity index (χ2n) is 19.9. The molecular formula is C53H101N3O9. The quantitative estimate of drug-likeness (QED) is 0.0324. The number of nitrogens with one attached hydrogen (secondary N) is 2. The number of ether oxygens (including phenoxy) is 1. The van der Waals surface area contributed by atoms with Crippen LogP contribution in [-0.4, -0.2) is 98.8 Å². The van der Waals surface area contributed by atoms with Crippen LogP contribution in [-0.2, 0) is 23.9 Å². The molecule has 0 radical (unpaired) electrons. The molecule has 0 unspecified atom stereocenters. The van der Waals surface area contributed by atoms with Crippen LogP contribution in [0.2, 0.25) is 0 Å². The van der Waals surface area contributed by atoms with Crippen molar-refractivity contribution in [2.24, 2.45) is 5.92 Å². The van der Waals surface area contributed by atoms with E-state index in [1.807, 2.05) is 13.8 Å². The molecule has 1 aliphatic heterocycles. The third kappa shape index (κ3) is 30.7. The molecule has 12 nitrogen and oxygen atoms in total. The molecule has 1 rings (SSSR count). The Morgan fingerprint density at radius 2 is 0.969 bits per heavy atom. The van der Waals surface area contributed by atoms with Gasteiger partial charge < -0.3 is 40.7 Å². The summed E-state index contributed by atoms with van der Waals surface area (Å²) in [6.07, 6.45) is 32.9. The van der Waals surface area contributed by atoms with Gasteiger partial charge in [0.2, 0.25) is 17.7 Å². The lowest BCUT2D eigenvalue weighted by atomic mass is 9.93. The predicted octanol–water partition coefficient (Wildman–Crippen LogP) is 11.0. The van der Waals surface area contributed by atoms with Crippen LogP contribution in [0.5, 0.6) is 0 Å². The summed E-state index contributed by atoms with van der Waals surface area (Å²) < 4.78 is 6.23. The number of aliphatic carboxylic acids is 1. The molecule has 6 atom stereocenters. The second-order valence-corrected chi connectivity index (χ2v) is 19.9. The lowest BCUT2D eigenvalue weighted by Gasteiger charge is -2.47. The third-order valence-corrected chi connectivity index (χ3v) is 13.2. The Morgan fingerprint density at radius 1 is 0.554 bits per heavy atom. The van der Waals surface area contributed by atoms with Crippen molar-refractivity contribution in [3.05, 3.63) is 0 Å². The van der Waals surface area contributed by atoms with Gasteiger partial charge in [0.25, 0.3) is 0 Å². The summed E-state index contributed by atoms with van der Waals surface area (Å²) >= 11 is 0. The maximum absolute atomic E-state index is 14.2. The van der Waals surface area contributed by atoms with Gasteiger partial charge in [-0.1, -0.05) is 214 Å². The Hall–Kier alpha value is -2.28. The largest absolute Gasteiger partial charge is 0.481 e. The first-order chi connectivity index (χ1) is 31.5. The van der Waals surface area contributed by atoms with E-state index in [4.69, 9.17) is 9.84 Å². The highest BCUT2D eigenvalue weighted by atomic mass is 16.5. The van der Waals surface area contributed by atoms with Crippen molar-refractivity contribution in [2.75, 3.05) is 13.2 Å². The number of carboxylic acid groups (broad SMARTS) is 1. The predicted molar refractivity (Wildman–Crippen MR) is 263 cm³/mol. The van der Waals surface area contributed by atoms with Gasteiger partial charge in [-0.05, 0) is 31.6 Å². The van der Waals surface area contributed by atoms with Crippen LogP contribution in [0.1, 0.15) is 259 Å². The van der Waals surface area contributed by atoms with Crippen molar-refractivity contribution in [3.63, 3.8) is 0 Å². The Balaban J connectivity index is 2.88. The first-order valence-electron chi connectivity index (χ1n) is 27.2. The molecular weight excluding hydrogens is 823 g/mol. The Morgan fingerprint density at radius 3 is 1.37 bits per heavy atom.